The minimum Gasteiger partial charge on any atom is -0.381 e. The molecular weight excluding hydrogens is 997 g/mol. The number of rotatable bonds is 12. The molecular formula is C60H80N14O5. The van der Waals surface area contributed by atoms with Gasteiger partial charge in [0.15, 0.2) is 0 Å². The van der Waals surface area contributed by atoms with Crippen LogP contribution < -0.4 is 27.3 Å². The van der Waals surface area contributed by atoms with Crippen LogP contribution in [0.15, 0.2) is 95.0 Å². The van der Waals surface area contributed by atoms with Crippen LogP contribution in [0.5, 0.6) is 0 Å². The Balaban J connectivity index is 0.000000168. The second-order valence-corrected chi connectivity index (χ2v) is 22.6. The molecule has 6 fully saturated rings. The van der Waals surface area contributed by atoms with E-state index in [0.717, 1.165) is 162 Å². The van der Waals surface area contributed by atoms with Crippen molar-refractivity contribution in [2.45, 2.75) is 134 Å². The van der Waals surface area contributed by atoms with Gasteiger partial charge >= 0.3 is 11.4 Å². The van der Waals surface area contributed by atoms with Gasteiger partial charge in [0.2, 0.25) is 17.8 Å². The molecule has 0 atom stereocenters. The number of anilines is 2. The monoisotopic (exact) mass is 1080 g/mol. The summed E-state index contributed by atoms with van der Waals surface area (Å²) >= 11 is 0. The lowest BCUT2D eigenvalue weighted by Gasteiger charge is -2.41. The highest BCUT2D eigenvalue weighted by Gasteiger charge is 2.31. The summed E-state index contributed by atoms with van der Waals surface area (Å²) < 4.78 is 18.4. The normalized spacial score (nSPS) is 22.9. The number of aromatic nitrogens is 8. The van der Waals surface area contributed by atoms with Gasteiger partial charge in [0.05, 0.1) is 34.2 Å². The molecule has 0 unspecified atom stereocenters. The fraction of sp³-hybridized carbons (Fsp3) is 0.550. The van der Waals surface area contributed by atoms with E-state index in [2.05, 4.69) is 41.8 Å². The minimum atomic E-state index is -0.0481. The third kappa shape index (κ3) is 12.9. The van der Waals surface area contributed by atoms with Crippen molar-refractivity contribution in [3.8, 4) is 34.2 Å². The molecule has 2 aromatic carbocycles. The van der Waals surface area contributed by atoms with Crippen LogP contribution in [0.2, 0.25) is 0 Å². The zero-order chi connectivity index (χ0) is 54.2. The molecule has 0 spiro atoms. The Bertz CT molecular complexity index is 3110. The first kappa shape index (κ1) is 54.4. The van der Waals surface area contributed by atoms with Crippen LogP contribution in [-0.2, 0) is 14.3 Å². The van der Waals surface area contributed by atoms with Crippen molar-refractivity contribution in [2.24, 2.45) is 0 Å². The van der Waals surface area contributed by atoms with Crippen LogP contribution in [-0.4, -0.2) is 162 Å². The van der Waals surface area contributed by atoms with Gasteiger partial charge in [-0.15, -0.1) is 0 Å². The molecule has 1 amide bonds. The van der Waals surface area contributed by atoms with Gasteiger partial charge in [0.25, 0.3) is 0 Å². The summed E-state index contributed by atoms with van der Waals surface area (Å²) in [4.78, 5) is 65.3. The number of ether oxygens (including phenoxy) is 2. The van der Waals surface area contributed by atoms with Gasteiger partial charge in [0.1, 0.15) is 0 Å². The third-order valence-corrected chi connectivity index (χ3v) is 17.4. The maximum atomic E-state index is 13.8. The van der Waals surface area contributed by atoms with E-state index in [0.29, 0.717) is 62.5 Å². The quantitative estimate of drug-likeness (QED) is 0.113. The summed E-state index contributed by atoms with van der Waals surface area (Å²) in [6.07, 6.45) is 19.9. The number of carbonyl (C=O) groups is 1. The fourth-order valence-electron chi connectivity index (χ4n) is 12.9. The van der Waals surface area contributed by atoms with Gasteiger partial charge in [-0.1, -0.05) is 24.3 Å². The Labute approximate surface area is 463 Å². The number of amides is 1. The number of carbonyl (C=O) groups excluding carboxylic acids is 1. The molecule has 3 N–H and O–H groups in total. The van der Waals surface area contributed by atoms with Crippen molar-refractivity contribution in [1.82, 2.24) is 58.2 Å². The van der Waals surface area contributed by atoms with Crippen molar-refractivity contribution in [1.29, 1.82) is 0 Å². The Morgan fingerprint density at radius 1 is 0.544 bits per heavy atom. The first-order valence-electron chi connectivity index (χ1n) is 29.2. The van der Waals surface area contributed by atoms with Gasteiger partial charge in [-0.05, 0) is 138 Å². The Kier molecular flexibility index (Phi) is 17.4. The van der Waals surface area contributed by atoms with Crippen LogP contribution in [0.4, 0.5) is 11.9 Å². The molecule has 12 rings (SSSR count). The fourth-order valence-corrected chi connectivity index (χ4v) is 12.9. The van der Waals surface area contributed by atoms with Gasteiger partial charge in [-0.3, -0.25) is 32.9 Å². The predicted molar refractivity (Wildman–Crippen MR) is 307 cm³/mol. The van der Waals surface area contributed by atoms with E-state index in [9.17, 15) is 14.4 Å². The summed E-state index contributed by atoms with van der Waals surface area (Å²) in [7, 11) is 0. The number of aryl methyl sites for hydroxylation is 2. The van der Waals surface area contributed by atoms with E-state index in [1.807, 2.05) is 94.9 Å². The molecule has 420 valence electrons. The first-order chi connectivity index (χ1) is 38.6. The molecule has 2 saturated carbocycles. The number of nitrogens with one attached hydrogen (secondary N) is 3. The van der Waals surface area contributed by atoms with E-state index in [1.165, 1.54) is 12.8 Å². The zero-order valence-corrected chi connectivity index (χ0v) is 46.5. The van der Waals surface area contributed by atoms with Crippen LogP contribution >= 0.6 is 0 Å². The lowest BCUT2D eigenvalue weighted by Crippen LogP contribution is -2.52. The van der Waals surface area contributed by atoms with Crippen molar-refractivity contribution in [3.05, 3.63) is 118 Å². The molecule has 8 heterocycles. The Morgan fingerprint density at radius 3 is 1.39 bits per heavy atom. The average Bonchev–Trinajstić information content (AvgIpc) is 4.25. The SMILES string of the molecule is CC(=O)N1CCN(C2CCC(Nc3nccc(-c4cn(C5CCOCC5)c(=O)n4-c4cccc(C)c4)n3)CC2)CC1.Cc1cccc(-n2c(-c3ccnc(NC4CCC(N5CCNCC5)CC4)n3)cn(C3CCOCC3)c2=O)c1. The van der Waals surface area contributed by atoms with E-state index in [1.54, 1.807) is 28.5 Å². The number of imidazole rings is 2. The lowest BCUT2D eigenvalue weighted by molar-refractivity contribution is -0.131. The van der Waals surface area contributed by atoms with Gasteiger partial charge in [-0.25, -0.2) is 29.5 Å². The van der Waals surface area contributed by atoms with Crippen molar-refractivity contribution >= 4 is 17.8 Å². The number of piperazine rings is 2. The van der Waals surface area contributed by atoms with Crippen molar-refractivity contribution in [2.75, 3.05) is 89.4 Å². The maximum absolute atomic E-state index is 13.8. The molecule has 4 aliphatic heterocycles. The summed E-state index contributed by atoms with van der Waals surface area (Å²) in [6.45, 7) is 16.5. The lowest BCUT2D eigenvalue weighted by atomic mass is 9.90. The smallest absolute Gasteiger partial charge is 0.333 e. The molecule has 4 aromatic heterocycles. The van der Waals surface area contributed by atoms with Crippen LogP contribution in [0.1, 0.15) is 107 Å². The second-order valence-electron chi connectivity index (χ2n) is 22.6. The first-order valence-corrected chi connectivity index (χ1v) is 29.2. The molecule has 6 aromatic rings. The molecule has 19 nitrogen and oxygen atoms in total. The molecule has 0 radical (unpaired) electrons. The highest BCUT2D eigenvalue weighted by molar-refractivity contribution is 5.73. The zero-order valence-electron chi connectivity index (χ0n) is 46.5. The number of benzene rings is 2. The van der Waals surface area contributed by atoms with Crippen molar-refractivity contribution < 1.29 is 14.3 Å². The summed E-state index contributed by atoms with van der Waals surface area (Å²) in [5, 5.41) is 10.6. The minimum absolute atomic E-state index is 0.0307. The van der Waals surface area contributed by atoms with Crippen LogP contribution in [0.25, 0.3) is 34.2 Å². The molecule has 2 aliphatic carbocycles. The van der Waals surface area contributed by atoms with E-state index < -0.39 is 0 Å². The molecule has 4 saturated heterocycles. The summed E-state index contributed by atoms with van der Waals surface area (Å²) in [5.74, 6) is 1.41. The molecule has 79 heavy (non-hydrogen) atoms. The van der Waals surface area contributed by atoms with Crippen molar-refractivity contribution in [3.63, 3.8) is 0 Å². The predicted octanol–water partition coefficient (Wildman–Crippen LogP) is 7.03. The van der Waals surface area contributed by atoms with E-state index in [-0.39, 0.29) is 29.4 Å². The highest BCUT2D eigenvalue weighted by atomic mass is 16.5. The second kappa shape index (κ2) is 25.3. The highest BCUT2D eigenvalue weighted by Crippen LogP contribution is 2.31. The number of hydrogen-bond donors (Lipinski definition) is 3. The summed E-state index contributed by atoms with van der Waals surface area (Å²) in [5.41, 5.74) is 6.86. The van der Waals surface area contributed by atoms with E-state index in [4.69, 9.17) is 19.4 Å². The summed E-state index contributed by atoms with van der Waals surface area (Å²) in [6, 6.07) is 22.1. The number of hydrogen-bond acceptors (Lipinski definition) is 14. The van der Waals surface area contributed by atoms with Gasteiger partial charge in [-0.2, -0.15) is 0 Å². The standard InChI is InChI=1S/C31H41N7O3.C29H39N7O2/c1-22-4-3-5-27(20-22)38-29(21-37(31(38)40)26-11-18-41-19-12-26)28-10-13-32-30(34-28)33-24-6-8-25(9-7-24)36-16-14-35(15-17-36)23(2)39;1-21-3-2-4-25(19-21)36-27(20-35(29(36)37)24-10-17-38-18-11-24)26-9-12-31-28(33-26)32-22-5-7-23(8-6-22)34-15-13-30-14-16-34/h3-5,10,13,20-21,24-26H,6-9,11-12,14-19H2,1-2H3,(H,32,33,34);2-4,9,12,19-20,22-24,30H,5-8,10-11,13-18H2,1H3,(H,31,32,33). The topological polar surface area (TPSA) is 187 Å². The van der Waals surface area contributed by atoms with Gasteiger partial charge in [0, 0.05) is 147 Å². The molecule has 19 heteroatoms. The number of nitrogens with zero attached hydrogens (tertiary/aromatic N) is 11. The van der Waals surface area contributed by atoms with Crippen LogP contribution in [0.3, 0.4) is 0 Å². The van der Waals surface area contributed by atoms with E-state index >= 15 is 0 Å². The largest absolute Gasteiger partial charge is 0.381 e. The Morgan fingerprint density at radius 2 is 0.975 bits per heavy atom. The Hall–Kier alpha value is -6.51. The average molecular weight is 1080 g/mol. The molecule has 0 bridgehead atoms. The third-order valence-electron chi connectivity index (χ3n) is 17.4. The van der Waals surface area contributed by atoms with Gasteiger partial charge < -0.3 is 30.3 Å². The molecule has 6 aliphatic rings. The van der Waals surface area contributed by atoms with Crippen LogP contribution in [0, 0.1) is 13.8 Å². The maximum Gasteiger partial charge on any atom is 0.333 e.